The number of aromatic nitrogens is 1. The molecule has 0 spiro atoms. The molecule has 1 amide bonds. The number of carbonyl (C=O) groups is 1. The molecular formula is C21H20N2O2. The summed E-state index contributed by atoms with van der Waals surface area (Å²) in [5.41, 5.74) is 4.62. The molecule has 0 N–H and O–H groups in total. The summed E-state index contributed by atoms with van der Waals surface area (Å²) >= 11 is 0. The number of ether oxygens (including phenoxy) is 1. The Hall–Kier alpha value is -2.72. The molecule has 4 rings (SSSR count). The third kappa shape index (κ3) is 3.01. The van der Waals surface area contributed by atoms with Crippen molar-refractivity contribution in [2.45, 2.75) is 6.92 Å². The van der Waals surface area contributed by atoms with E-state index in [4.69, 9.17) is 9.72 Å². The predicted molar refractivity (Wildman–Crippen MR) is 98.6 cm³/mol. The Bertz CT molecular complexity index is 916. The maximum Gasteiger partial charge on any atom is 0.254 e. The van der Waals surface area contributed by atoms with Crippen LogP contribution in [0.3, 0.4) is 0 Å². The van der Waals surface area contributed by atoms with Crippen LogP contribution in [0, 0.1) is 6.92 Å². The van der Waals surface area contributed by atoms with Crippen LogP contribution in [-0.2, 0) is 4.74 Å². The minimum atomic E-state index is 0.0593. The highest BCUT2D eigenvalue weighted by atomic mass is 16.5. The zero-order valence-electron chi connectivity index (χ0n) is 14.2. The summed E-state index contributed by atoms with van der Waals surface area (Å²) in [7, 11) is 0. The third-order valence-corrected chi connectivity index (χ3v) is 4.58. The Kier molecular flexibility index (Phi) is 4.20. The van der Waals surface area contributed by atoms with Crippen molar-refractivity contribution in [3.05, 3.63) is 65.9 Å². The van der Waals surface area contributed by atoms with Crippen molar-refractivity contribution >= 4 is 16.8 Å². The summed E-state index contributed by atoms with van der Waals surface area (Å²) in [5, 5.41) is 0.906. The highest BCUT2D eigenvalue weighted by molar-refractivity contribution is 6.09. The molecule has 0 saturated carbocycles. The van der Waals surface area contributed by atoms with Gasteiger partial charge in [-0.05, 0) is 18.6 Å². The summed E-state index contributed by atoms with van der Waals surface area (Å²) in [6, 6.07) is 18.1. The summed E-state index contributed by atoms with van der Waals surface area (Å²) < 4.78 is 5.37. The van der Waals surface area contributed by atoms with Gasteiger partial charge in [-0.15, -0.1) is 0 Å². The second kappa shape index (κ2) is 6.65. The van der Waals surface area contributed by atoms with Gasteiger partial charge in [-0.2, -0.15) is 0 Å². The SMILES string of the molecule is Cc1cc(C(=O)N2CCOCC2)c2cccc(-c3ccccc3)c2n1. The summed E-state index contributed by atoms with van der Waals surface area (Å²) in [6.07, 6.45) is 0. The van der Waals surface area contributed by atoms with Crippen molar-refractivity contribution in [3.63, 3.8) is 0 Å². The molecule has 0 radical (unpaired) electrons. The van der Waals surface area contributed by atoms with E-state index in [1.54, 1.807) is 0 Å². The smallest absolute Gasteiger partial charge is 0.254 e. The van der Waals surface area contributed by atoms with Gasteiger partial charge in [0.15, 0.2) is 0 Å². The first kappa shape index (κ1) is 15.8. The highest BCUT2D eigenvalue weighted by Gasteiger charge is 2.21. The Labute approximate surface area is 147 Å². The van der Waals surface area contributed by atoms with Gasteiger partial charge in [-0.3, -0.25) is 9.78 Å². The highest BCUT2D eigenvalue weighted by Crippen LogP contribution is 2.30. The van der Waals surface area contributed by atoms with E-state index in [-0.39, 0.29) is 5.91 Å². The lowest BCUT2D eigenvalue weighted by molar-refractivity contribution is 0.0304. The standard InChI is InChI=1S/C21H20N2O2/c1-15-14-19(21(24)23-10-12-25-13-11-23)18-9-5-8-17(20(18)22-15)16-6-3-2-4-7-16/h2-9,14H,10-13H2,1H3. The van der Waals surface area contributed by atoms with Gasteiger partial charge in [0.05, 0.1) is 24.3 Å². The van der Waals surface area contributed by atoms with Gasteiger partial charge in [-0.25, -0.2) is 0 Å². The van der Waals surface area contributed by atoms with E-state index in [0.717, 1.165) is 33.3 Å². The molecule has 1 aliphatic rings. The van der Waals surface area contributed by atoms with Gasteiger partial charge < -0.3 is 9.64 Å². The zero-order chi connectivity index (χ0) is 17.2. The lowest BCUT2D eigenvalue weighted by Crippen LogP contribution is -2.40. The first-order valence-electron chi connectivity index (χ1n) is 8.57. The van der Waals surface area contributed by atoms with Crippen LogP contribution in [-0.4, -0.2) is 42.1 Å². The molecule has 0 aliphatic carbocycles. The van der Waals surface area contributed by atoms with E-state index in [2.05, 4.69) is 18.2 Å². The number of pyridine rings is 1. The first-order chi connectivity index (χ1) is 12.2. The summed E-state index contributed by atoms with van der Waals surface area (Å²) in [5.74, 6) is 0.0593. The minimum absolute atomic E-state index is 0.0593. The van der Waals surface area contributed by atoms with Gasteiger partial charge in [0.1, 0.15) is 0 Å². The van der Waals surface area contributed by atoms with Crippen LogP contribution in [0.15, 0.2) is 54.6 Å². The van der Waals surface area contributed by atoms with E-state index in [1.807, 2.05) is 48.2 Å². The third-order valence-electron chi connectivity index (χ3n) is 4.58. The Balaban J connectivity index is 1.87. The number of nitrogens with zero attached hydrogens (tertiary/aromatic N) is 2. The first-order valence-corrected chi connectivity index (χ1v) is 8.57. The zero-order valence-corrected chi connectivity index (χ0v) is 14.2. The number of benzene rings is 2. The monoisotopic (exact) mass is 332 g/mol. The van der Waals surface area contributed by atoms with Crippen LogP contribution < -0.4 is 0 Å². The van der Waals surface area contributed by atoms with Gasteiger partial charge in [0, 0.05) is 29.7 Å². The molecule has 1 saturated heterocycles. The molecule has 126 valence electrons. The van der Waals surface area contributed by atoms with Crippen LogP contribution in [0.25, 0.3) is 22.0 Å². The molecule has 0 bridgehead atoms. The maximum atomic E-state index is 13.1. The number of amides is 1. The average Bonchev–Trinajstić information content (AvgIpc) is 2.67. The van der Waals surface area contributed by atoms with Crippen LogP contribution in [0.5, 0.6) is 0 Å². The molecule has 2 aromatic carbocycles. The number of morpholine rings is 1. The van der Waals surface area contributed by atoms with Crippen molar-refractivity contribution < 1.29 is 9.53 Å². The number of hydrogen-bond acceptors (Lipinski definition) is 3. The maximum absolute atomic E-state index is 13.1. The second-order valence-electron chi connectivity index (χ2n) is 6.28. The molecule has 1 fully saturated rings. The van der Waals surface area contributed by atoms with E-state index in [9.17, 15) is 4.79 Å². The second-order valence-corrected chi connectivity index (χ2v) is 6.28. The fraction of sp³-hybridized carbons (Fsp3) is 0.238. The summed E-state index contributed by atoms with van der Waals surface area (Å²) in [4.78, 5) is 19.7. The molecular weight excluding hydrogens is 312 g/mol. The quantitative estimate of drug-likeness (QED) is 0.719. The predicted octanol–water partition coefficient (Wildman–Crippen LogP) is 3.68. The molecule has 1 aromatic heterocycles. The number of carbonyl (C=O) groups excluding carboxylic acids is 1. The van der Waals surface area contributed by atoms with Gasteiger partial charge in [-0.1, -0.05) is 48.5 Å². The Morgan fingerprint density at radius 2 is 1.80 bits per heavy atom. The van der Waals surface area contributed by atoms with Crippen molar-refractivity contribution in [2.75, 3.05) is 26.3 Å². The van der Waals surface area contributed by atoms with E-state index >= 15 is 0 Å². The molecule has 4 nitrogen and oxygen atoms in total. The van der Waals surface area contributed by atoms with Gasteiger partial charge >= 0.3 is 0 Å². The normalized spacial score (nSPS) is 14.7. The number of aryl methyl sites for hydroxylation is 1. The van der Waals surface area contributed by atoms with Crippen molar-refractivity contribution in [2.24, 2.45) is 0 Å². The largest absolute Gasteiger partial charge is 0.378 e. The fourth-order valence-electron chi connectivity index (χ4n) is 3.34. The van der Waals surface area contributed by atoms with E-state index in [0.29, 0.717) is 26.3 Å². The van der Waals surface area contributed by atoms with E-state index in [1.165, 1.54) is 0 Å². The van der Waals surface area contributed by atoms with Gasteiger partial charge in [0.25, 0.3) is 5.91 Å². The number of rotatable bonds is 2. The minimum Gasteiger partial charge on any atom is -0.378 e. The number of para-hydroxylation sites is 1. The van der Waals surface area contributed by atoms with Crippen LogP contribution in [0.4, 0.5) is 0 Å². The lowest BCUT2D eigenvalue weighted by atomic mass is 9.98. The topological polar surface area (TPSA) is 42.4 Å². The molecule has 25 heavy (non-hydrogen) atoms. The van der Waals surface area contributed by atoms with E-state index < -0.39 is 0 Å². The molecule has 0 unspecified atom stereocenters. The van der Waals surface area contributed by atoms with Crippen LogP contribution >= 0.6 is 0 Å². The molecule has 0 atom stereocenters. The molecule has 3 aromatic rings. The molecule has 1 aliphatic heterocycles. The Morgan fingerprint density at radius 3 is 2.56 bits per heavy atom. The average molecular weight is 332 g/mol. The number of fused-ring (bicyclic) bond motifs is 1. The number of hydrogen-bond donors (Lipinski definition) is 0. The molecule has 2 heterocycles. The van der Waals surface area contributed by atoms with Crippen LogP contribution in [0.1, 0.15) is 16.1 Å². The fourth-order valence-corrected chi connectivity index (χ4v) is 3.34. The van der Waals surface area contributed by atoms with Crippen molar-refractivity contribution in [3.8, 4) is 11.1 Å². The Morgan fingerprint density at radius 1 is 1.04 bits per heavy atom. The summed E-state index contributed by atoms with van der Waals surface area (Å²) in [6.45, 7) is 4.42. The van der Waals surface area contributed by atoms with Crippen molar-refractivity contribution in [1.29, 1.82) is 0 Å². The molecule has 4 heteroatoms. The van der Waals surface area contributed by atoms with Gasteiger partial charge in [0.2, 0.25) is 0 Å². The van der Waals surface area contributed by atoms with Crippen LogP contribution in [0.2, 0.25) is 0 Å². The lowest BCUT2D eigenvalue weighted by Gasteiger charge is -2.27. The van der Waals surface area contributed by atoms with Crippen molar-refractivity contribution in [1.82, 2.24) is 9.88 Å².